The Bertz CT molecular complexity index is 858. The van der Waals surface area contributed by atoms with E-state index in [2.05, 4.69) is 16.2 Å². The predicted octanol–water partition coefficient (Wildman–Crippen LogP) is 1.80. The van der Waals surface area contributed by atoms with Gasteiger partial charge in [0.15, 0.2) is 11.5 Å². The van der Waals surface area contributed by atoms with E-state index >= 15 is 0 Å². The summed E-state index contributed by atoms with van der Waals surface area (Å²) in [7, 11) is 6.38. The lowest BCUT2D eigenvalue weighted by molar-refractivity contribution is -0.125. The van der Waals surface area contributed by atoms with E-state index in [0.717, 1.165) is 11.1 Å². The van der Waals surface area contributed by atoms with Crippen molar-refractivity contribution in [3.63, 3.8) is 0 Å². The van der Waals surface area contributed by atoms with Crippen LogP contribution < -0.4 is 35.1 Å². The van der Waals surface area contributed by atoms with E-state index in [0.29, 0.717) is 36.1 Å². The van der Waals surface area contributed by atoms with Crippen LogP contribution >= 0.6 is 0 Å². The van der Waals surface area contributed by atoms with Crippen molar-refractivity contribution in [2.45, 2.75) is 12.6 Å². The summed E-state index contributed by atoms with van der Waals surface area (Å²) in [6.07, 6.45) is 0. The van der Waals surface area contributed by atoms with Crippen molar-refractivity contribution in [1.82, 2.24) is 16.2 Å². The van der Waals surface area contributed by atoms with Crippen LogP contribution in [0, 0.1) is 5.92 Å². The molecule has 1 fully saturated rings. The molecule has 1 aliphatic heterocycles. The minimum Gasteiger partial charge on any atom is -0.497 e. The molecule has 1 saturated heterocycles. The Morgan fingerprint density at radius 3 is 2.41 bits per heavy atom. The van der Waals surface area contributed by atoms with Crippen LogP contribution in [-0.4, -0.2) is 40.9 Å². The SMILES string of the molecule is COc1ccc(CNC(=O)C2CNNC2c2ccc(OC)c(OC)c2)c(OC)c1. The van der Waals surface area contributed by atoms with Gasteiger partial charge < -0.3 is 24.3 Å². The Hall–Kier alpha value is -2.97. The number of hydrazine groups is 1. The van der Waals surface area contributed by atoms with Crippen molar-refractivity contribution in [3.8, 4) is 23.0 Å². The molecule has 0 bridgehead atoms. The monoisotopic (exact) mass is 401 g/mol. The highest BCUT2D eigenvalue weighted by Gasteiger charge is 2.34. The summed E-state index contributed by atoms with van der Waals surface area (Å²) < 4.78 is 21.3. The van der Waals surface area contributed by atoms with E-state index in [4.69, 9.17) is 18.9 Å². The van der Waals surface area contributed by atoms with Gasteiger partial charge >= 0.3 is 0 Å². The highest BCUT2D eigenvalue weighted by molar-refractivity contribution is 5.80. The maximum atomic E-state index is 12.9. The summed E-state index contributed by atoms with van der Waals surface area (Å²) in [6.45, 7) is 0.881. The van der Waals surface area contributed by atoms with Crippen LogP contribution in [-0.2, 0) is 11.3 Å². The normalized spacial score (nSPS) is 18.2. The molecule has 0 spiro atoms. The van der Waals surface area contributed by atoms with Gasteiger partial charge in [-0.15, -0.1) is 0 Å². The lowest BCUT2D eigenvalue weighted by Gasteiger charge is -2.20. The zero-order chi connectivity index (χ0) is 20.8. The highest BCUT2D eigenvalue weighted by atomic mass is 16.5. The minimum absolute atomic E-state index is 0.0554. The van der Waals surface area contributed by atoms with Gasteiger partial charge in [0, 0.05) is 24.7 Å². The van der Waals surface area contributed by atoms with Crippen molar-refractivity contribution >= 4 is 5.91 Å². The molecule has 3 N–H and O–H groups in total. The van der Waals surface area contributed by atoms with E-state index in [-0.39, 0.29) is 17.9 Å². The Morgan fingerprint density at radius 1 is 0.966 bits per heavy atom. The zero-order valence-electron chi connectivity index (χ0n) is 17.1. The Morgan fingerprint density at radius 2 is 1.72 bits per heavy atom. The lowest BCUT2D eigenvalue weighted by atomic mass is 9.93. The van der Waals surface area contributed by atoms with Crippen LogP contribution in [0.4, 0.5) is 0 Å². The summed E-state index contributed by atoms with van der Waals surface area (Å²) in [4.78, 5) is 12.9. The van der Waals surface area contributed by atoms with Crippen molar-refractivity contribution in [2.75, 3.05) is 35.0 Å². The molecule has 3 rings (SSSR count). The Kier molecular flexibility index (Phi) is 6.79. The number of benzene rings is 2. The average Bonchev–Trinajstić information content (AvgIpc) is 3.26. The molecular weight excluding hydrogens is 374 g/mol. The van der Waals surface area contributed by atoms with Gasteiger partial charge in [0.05, 0.1) is 40.4 Å². The number of methoxy groups -OCH3 is 4. The summed E-state index contributed by atoms with van der Waals surface area (Å²) in [6, 6.07) is 11.0. The molecule has 29 heavy (non-hydrogen) atoms. The molecule has 0 radical (unpaired) electrons. The number of hydrogen-bond donors (Lipinski definition) is 3. The molecule has 2 aromatic rings. The van der Waals surface area contributed by atoms with Gasteiger partial charge in [0.1, 0.15) is 11.5 Å². The molecule has 2 aromatic carbocycles. The summed E-state index contributed by atoms with van der Waals surface area (Å²) in [5, 5.41) is 3.01. The van der Waals surface area contributed by atoms with Crippen molar-refractivity contribution < 1.29 is 23.7 Å². The Balaban J connectivity index is 1.71. The fourth-order valence-corrected chi connectivity index (χ4v) is 3.41. The fourth-order valence-electron chi connectivity index (χ4n) is 3.41. The molecule has 2 unspecified atom stereocenters. The Labute approximate surface area is 170 Å². The molecule has 2 atom stereocenters. The number of carbonyl (C=O) groups excluding carboxylic acids is 1. The van der Waals surface area contributed by atoms with Gasteiger partial charge in [-0.05, 0) is 29.8 Å². The van der Waals surface area contributed by atoms with E-state index in [1.54, 1.807) is 34.5 Å². The average molecular weight is 401 g/mol. The van der Waals surface area contributed by atoms with Crippen LogP contribution in [0.5, 0.6) is 23.0 Å². The minimum atomic E-state index is -0.280. The third kappa shape index (κ3) is 4.55. The molecule has 0 aliphatic carbocycles. The van der Waals surface area contributed by atoms with Gasteiger partial charge in [-0.25, -0.2) is 5.43 Å². The molecular formula is C21H27N3O5. The number of amides is 1. The first kappa shape index (κ1) is 20.8. The number of carbonyl (C=O) groups is 1. The standard InChI is InChI=1S/C21H27N3O5/c1-26-15-7-5-14(18(10-15)28-3)11-22-21(25)16-12-23-24-20(16)13-6-8-17(27-2)19(9-13)29-4/h5-10,16,20,23-24H,11-12H2,1-4H3,(H,22,25). The lowest BCUT2D eigenvalue weighted by Crippen LogP contribution is -2.34. The maximum absolute atomic E-state index is 12.9. The molecule has 0 aromatic heterocycles. The first-order valence-electron chi connectivity index (χ1n) is 9.30. The van der Waals surface area contributed by atoms with E-state index in [9.17, 15) is 4.79 Å². The quantitative estimate of drug-likeness (QED) is 0.621. The van der Waals surface area contributed by atoms with E-state index < -0.39 is 0 Å². The first-order valence-corrected chi connectivity index (χ1v) is 9.30. The van der Waals surface area contributed by atoms with Crippen LogP contribution in [0.2, 0.25) is 0 Å². The number of hydrogen-bond acceptors (Lipinski definition) is 7. The third-order valence-corrected chi connectivity index (χ3v) is 5.03. The first-order chi connectivity index (χ1) is 14.1. The number of nitrogens with one attached hydrogen (secondary N) is 3. The summed E-state index contributed by atoms with van der Waals surface area (Å²) >= 11 is 0. The van der Waals surface area contributed by atoms with Crippen LogP contribution in [0.15, 0.2) is 36.4 Å². The van der Waals surface area contributed by atoms with Crippen molar-refractivity contribution in [3.05, 3.63) is 47.5 Å². The number of rotatable bonds is 8. The molecule has 8 nitrogen and oxygen atoms in total. The van der Waals surface area contributed by atoms with Crippen LogP contribution in [0.25, 0.3) is 0 Å². The van der Waals surface area contributed by atoms with Gasteiger partial charge in [0.2, 0.25) is 5.91 Å². The van der Waals surface area contributed by atoms with Crippen molar-refractivity contribution in [1.29, 1.82) is 0 Å². The fraction of sp³-hybridized carbons (Fsp3) is 0.381. The van der Waals surface area contributed by atoms with Crippen LogP contribution in [0.3, 0.4) is 0 Å². The second kappa shape index (κ2) is 9.49. The van der Waals surface area contributed by atoms with Gasteiger partial charge in [-0.1, -0.05) is 6.07 Å². The van der Waals surface area contributed by atoms with Crippen molar-refractivity contribution in [2.24, 2.45) is 5.92 Å². The second-order valence-electron chi connectivity index (χ2n) is 6.62. The second-order valence-corrected chi connectivity index (χ2v) is 6.62. The van der Waals surface area contributed by atoms with Gasteiger partial charge in [-0.2, -0.15) is 0 Å². The van der Waals surface area contributed by atoms with Gasteiger partial charge in [0.25, 0.3) is 0 Å². The molecule has 0 saturated carbocycles. The van der Waals surface area contributed by atoms with E-state index in [1.165, 1.54) is 0 Å². The molecule has 1 heterocycles. The molecule has 156 valence electrons. The number of ether oxygens (including phenoxy) is 4. The molecule has 1 amide bonds. The topological polar surface area (TPSA) is 90.1 Å². The molecule has 1 aliphatic rings. The summed E-state index contributed by atoms with van der Waals surface area (Å²) in [5.74, 6) is 2.31. The highest BCUT2D eigenvalue weighted by Crippen LogP contribution is 2.33. The maximum Gasteiger partial charge on any atom is 0.226 e. The van der Waals surface area contributed by atoms with Gasteiger partial charge in [-0.3, -0.25) is 10.2 Å². The van der Waals surface area contributed by atoms with Crippen LogP contribution in [0.1, 0.15) is 17.2 Å². The summed E-state index contributed by atoms with van der Waals surface area (Å²) in [5.41, 5.74) is 8.08. The zero-order valence-corrected chi connectivity index (χ0v) is 17.1. The smallest absolute Gasteiger partial charge is 0.226 e. The predicted molar refractivity (Wildman–Crippen MR) is 108 cm³/mol. The van der Waals surface area contributed by atoms with E-state index in [1.807, 2.05) is 30.3 Å². The molecule has 8 heteroatoms. The largest absolute Gasteiger partial charge is 0.497 e. The third-order valence-electron chi connectivity index (χ3n) is 5.03.